The second-order valence-electron chi connectivity index (χ2n) is 3.40. The quantitative estimate of drug-likeness (QED) is 0.620. The van der Waals surface area contributed by atoms with Crippen molar-refractivity contribution in [1.82, 2.24) is 0 Å². The van der Waals surface area contributed by atoms with E-state index in [1.54, 1.807) is 18.2 Å². The van der Waals surface area contributed by atoms with Crippen molar-refractivity contribution in [2.24, 2.45) is 4.99 Å². The summed E-state index contributed by atoms with van der Waals surface area (Å²) < 4.78 is 9.77. The average Bonchev–Trinajstić information content (AvgIpc) is 2.41. The van der Waals surface area contributed by atoms with E-state index in [2.05, 4.69) is 30.4 Å². The van der Waals surface area contributed by atoms with Crippen molar-refractivity contribution < 1.29 is 19.1 Å². The lowest BCUT2D eigenvalue weighted by Crippen LogP contribution is -2.20. The molecule has 0 aliphatic rings. The van der Waals surface area contributed by atoms with Gasteiger partial charge in [-0.3, -0.25) is 4.79 Å². The molecule has 0 aliphatic heterocycles. The summed E-state index contributed by atoms with van der Waals surface area (Å²) in [6.07, 6.45) is -0.267. The molecule has 0 fully saturated rings. The molecule has 0 bridgehead atoms. The van der Waals surface area contributed by atoms with Crippen molar-refractivity contribution in [2.75, 3.05) is 14.2 Å². The van der Waals surface area contributed by atoms with Crippen LogP contribution in [0.25, 0.3) is 0 Å². The minimum Gasteiger partial charge on any atom is -0.469 e. The smallest absolute Gasteiger partial charge is 0.353 e. The number of rotatable bonds is 4. The van der Waals surface area contributed by atoms with Crippen LogP contribution in [-0.2, 0) is 19.1 Å². The maximum Gasteiger partial charge on any atom is 0.353 e. The summed E-state index contributed by atoms with van der Waals surface area (Å²) in [5, 5.41) is 0.448. The molecule has 0 N–H and O–H groups in total. The Hall–Kier alpha value is -1.40. The number of halogens is 2. The summed E-state index contributed by atoms with van der Waals surface area (Å²) in [6.45, 7) is 0. The van der Waals surface area contributed by atoms with Gasteiger partial charge in [0.15, 0.2) is 0 Å². The van der Waals surface area contributed by atoms with Crippen molar-refractivity contribution in [3.05, 3.63) is 27.7 Å². The van der Waals surface area contributed by atoms with Gasteiger partial charge in [0.25, 0.3) is 0 Å². The normalized spacial score (nSPS) is 11.1. The summed E-state index contributed by atoms with van der Waals surface area (Å²) in [7, 11) is 2.44. The predicted octanol–water partition coefficient (Wildman–Crippen LogP) is 2.91. The van der Waals surface area contributed by atoms with E-state index in [0.717, 1.165) is 0 Å². The molecule has 0 saturated carbocycles. The highest BCUT2D eigenvalue weighted by atomic mass is 79.9. The van der Waals surface area contributed by atoms with Gasteiger partial charge in [0.2, 0.25) is 0 Å². The second-order valence-corrected chi connectivity index (χ2v) is 4.66. The van der Waals surface area contributed by atoms with Crippen LogP contribution in [0.2, 0.25) is 5.02 Å². The Morgan fingerprint density at radius 2 is 2.00 bits per heavy atom. The minimum absolute atomic E-state index is 0.0484. The van der Waals surface area contributed by atoms with Crippen molar-refractivity contribution in [3.63, 3.8) is 0 Å². The van der Waals surface area contributed by atoms with E-state index < -0.39 is 11.9 Å². The summed E-state index contributed by atoms with van der Waals surface area (Å²) in [4.78, 5) is 26.8. The molecular formula is C12H11BrClNO4. The van der Waals surface area contributed by atoms with E-state index in [1.165, 1.54) is 14.2 Å². The Morgan fingerprint density at radius 3 is 2.53 bits per heavy atom. The van der Waals surface area contributed by atoms with Gasteiger partial charge in [-0.2, -0.15) is 0 Å². The molecule has 1 aromatic rings. The van der Waals surface area contributed by atoms with Crippen molar-refractivity contribution in [3.8, 4) is 0 Å². The first-order valence-electron chi connectivity index (χ1n) is 5.15. The number of carbonyl (C=O) groups excluding carboxylic acids is 2. The van der Waals surface area contributed by atoms with Gasteiger partial charge in [0, 0.05) is 4.47 Å². The predicted molar refractivity (Wildman–Crippen MR) is 74.9 cm³/mol. The van der Waals surface area contributed by atoms with Crippen LogP contribution >= 0.6 is 27.5 Å². The molecule has 19 heavy (non-hydrogen) atoms. The van der Waals surface area contributed by atoms with E-state index in [4.69, 9.17) is 11.6 Å². The number of aliphatic imine (C=N–C) groups is 1. The van der Waals surface area contributed by atoms with Crippen LogP contribution < -0.4 is 0 Å². The lowest BCUT2D eigenvalue weighted by Gasteiger charge is -2.04. The molecule has 1 rings (SSSR count). The van der Waals surface area contributed by atoms with Crippen LogP contribution in [-0.4, -0.2) is 31.9 Å². The van der Waals surface area contributed by atoms with Gasteiger partial charge in [-0.25, -0.2) is 9.79 Å². The molecule has 0 saturated heterocycles. The number of carbonyl (C=O) groups is 2. The molecule has 102 valence electrons. The van der Waals surface area contributed by atoms with Gasteiger partial charge in [0.05, 0.1) is 31.4 Å². The zero-order valence-corrected chi connectivity index (χ0v) is 12.6. The number of hydrogen-bond acceptors (Lipinski definition) is 5. The van der Waals surface area contributed by atoms with Gasteiger partial charge in [-0.05, 0) is 34.1 Å². The van der Waals surface area contributed by atoms with Crippen molar-refractivity contribution in [2.45, 2.75) is 6.42 Å². The van der Waals surface area contributed by atoms with E-state index in [9.17, 15) is 9.59 Å². The van der Waals surface area contributed by atoms with Crippen LogP contribution in [0.5, 0.6) is 0 Å². The molecule has 1 aromatic carbocycles. The Morgan fingerprint density at radius 1 is 1.32 bits per heavy atom. The van der Waals surface area contributed by atoms with E-state index in [0.29, 0.717) is 15.2 Å². The fraction of sp³-hybridized carbons (Fsp3) is 0.250. The fourth-order valence-electron chi connectivity index (χ4n) is 1.19. The van der Waals surface area contributed by atoms with Crippen LogP contribution in [0.15, 0.2) is 27.7 Å². The molecule has 0 spiro atoms. The van der Waals surface area contributed by atoms with E-state index in [1.807, 2.05) is 0 Å². The first-order valence-corrected chi connectivity index (χ1v) is 6.32. The molecule has 0 heterocycles. The summed E-state index contributed by atoms with van der Waals surface area (Å²) in [5.41, 5.74) is 0.394. The molecule has 0 atom stereocenters. The number of ether oxygens (including phenoxy) is 2. The third-order valence-corrected chi connectivity index (χ3v) is 3.36. The monoisotopic (exact) mass is 347 g/mol. The summed E-state index contributed by atoms with van der Waals surface area (Å²) in [6, 6.07) is 4.90. The molecule has 0 amide bonds. The van der Waals surface area contributed by atoms with Crippen LogP contribution in [0.1, 0.15) is 6.42 Å². The average molecular weight is 349 g/mol. The van der Waals surface area contributed by atoms with Gasteiger partial charge in [-0.1, -0.05) is 11.6 Å². The molecular weight excluding hydrogens is 337 g/mol. The highest BCUT2D eigenvalue weighted by molar-refractivity contribution is 9.10. The highest BCUT2D eigenvalue weighted by Gasteiger charge is 2.17. The van der Waals surface area contributed by atoms with Crippen LogP contribution in [0.3, 0.4) is 0 Å². The third-order valence-electron chi connectivity index (χ3n) is 2.13. The Kier molecular flexibility index (Phi) is 5.98. The highest BCUT2D eigenvalue weighted by Crippen LogP contribution is 2.27. The summed E-state index contributed by atoms with van der Waals surface area (Å²) in [5.74, 6) is -1.27. The fourth-order valence-corrected chi connectivity index (χ4v) is 1.62. The molecule has 7 heteroatoms. The Labute approximate surface area is 123 Å². The van der Waals surface area contributed by atoms with Gasteiger partial charge < -0.3 is 9.47 Å². The number of methoxy groups -OCH3 is 2. The van der Waals surface area contributed by atoms with Crippen molar-refractivity contribution >= 4 is 50.9 Å². The maximum atomic E-state index is 11.5. The van der Waals surface area contributed by atoms with E-state index in [-0.39, 0.29) is 12.1 Å². The summed E-state index contributed by atoms with van der Waals surface area (Å²) >= 11 is 9.16. The zero-order chi connectivity index (χ0) is 14.4. The molecule has 0 aromatic heterocycles. The first kappa shape index (κ1) is 15.7. The third kappa shape index (κ3) is 4.65. The molecule has 0 aliphatic carbocycles. The molecule has 0 radical (unpaired) electrons. The lowest BCUT2D eigenvalue weighted by molar-refractivity contribution is -0.140. The SMILES string of the molecule is COC(=O)CC(=Nc1ccc(Br)c(Cl)c1)C(=O)OC. The number of nitrogens with zero attached hydrogens (tertiary/aromatic N) is 1. The topological polar surface area (TPSA) is 65.0 Å². The molecule has 0 unspecified atom stereocenters. The Balaban J connectivity index is 3.08. The standard InChI is InChI=1S/C12H11BrClNO4/c1-18-11(16)6-10(12(17)19-2)15-7-3-4-8(13)9(14)5-7/h3-5H,6H2,1-2H3. The first-order chi connectivity index (χ1) is 8.97. The largest absolute Gasteiger partial charge is 0.469 e. The van der Waals surface area contributed by atoms with Gasteiger partial charge >= 0.3 is 11.9 Å². The minimum atomic E-state index is -0.690. The molecule has 5 nitrogen and oxygen atoms in total. The number of benzene rings is 1. The lowest BCUT2D eigenvalue weighted by atomic mass is 10.2. The van der Waals surface area contributed by atoms with E-state index >= 15 is 0 Å². The Bertz CT molecular complexity index is 530. The number of esters is 2. The van der Waals surface area contributed by atoms with Gasteiger partial charge in [0.1, 0.15) is 5.71 Å². The second kappa shape index (κ2) is 7.25. The van der Waals surface area contributed by atoms with Crippen LogP contribution in [0, 0.1) is 0 Å². The van der Waals surface area contributed by atoms with Gasteiger partial charge in [-0.15, -0.1) is 0 Å². The number of hydrogen-bond donors (Lipinski definition) is 0. The zero-order valence-electron chi connectivity index (χ0n) is 10.3. The maximum absolute atomic E-state index is 11.5. The van der Waals surface area contributed by atoms with Crippen molar-refractivity contribution in [1.29, 1.82) is 0 Å². The van der Waals surface area contributed by atoms with Crippen LogP contribution in [0.4, 0.5) is 5.69 Å².